The number of hydrogen-bond donors (Lipinski definition) is 4. The predicted octanol–water partition coefficient (Wildman–Crippen LogP) is 3.75. The number of aromatic nitrogens is 3. The summed E-state index contributed by atoms with van der Waals surface area (Å²) in [5, 5.41) is 7.39. The minimum Gasteiger partial charge on any atom is -0.495 e. The van der Waals surface area contributed by atoms with Gasteiger partial charge in [-0.1, -0.05) is 29.3 Å². The first-order valence-corrected chi connectivity index (χ1v) is 12.7. The van der Waals surface area contributed by atoms with Crippen molar-refractivity contribution in [3.63, 3.8) is 0 Å². The molecule has 1 aliphatic heterocycles. The van der Waals surface area contributed by atoms with E-state index in [9.17, 15) is 9.59 Å². The molecule has 4 aromatic rings. The molecule has 5 rings (SSSR count). The maximum Gasteiger partial charge on any atom is 0.254 e. The number of primary amides is 1. The highest BCUT2D eigenvalue weighted by molar-refractivity contribution is 6.36. The van der Waals surface area contributed by atoms with Crippen molar-refractivity contribution in [3.8, 4) is 5.75 Å². The van der Waals surface area contributed by atoms with Gasteiger partial charge in [-0.2, -0.15) is 0 Å². The van der Waals surface area contributed by atoms with Gasteiger partial charge in [0.25, 0.3) is 11.8 Å². The third kappa shape index (κ3) is 4.98. The number of hydrogen-bond acceptors (Lipinski definition) is 7. The van der Waals surface area contributed by atoms with Crippen molar-refractivity contribution in [2.24, 2.45) is 5.73 Å². The summed E-state index contributed by atoms with van der Waals surface area (Å²) in [6.45, 7) is 2.77. The van der Waals surface area contributed by atoms with Gasteiger partial charge < -0.3 is 31.0 Å². The standard InChI is InChI=1S/C26H25Cl2N7O3/c1-38-20-11-14(26(37)35-9-7-30-8-10-35)5-6-18(20)33-25-21(24(29)36)23-22(31-13-32-23)19(34-25)12-15-16(27)3-2-4-17(15)28/h2-6,11,13,30H,7-10,12H2,1H3,(H2,29,36)(H,31,32)(H,33,34). The van der Waals surface area contributed by atoms with Crippen molar-refractivity contribution in [1.82, 2.24) is 25.2 Å². The highest BCUT2D eigenvalue weighted by Crippen LogP contribution is 2.34. The van der Waals surface area contributed by atoms with Crippen molar-refractivity contribution in [2.45, 2.75) is 6.42 Å². The molecule has 2 aromatic heterocycles. The van der Waals surface area contributed by atoms with Crippen LogP contribution in [0.1, 0.15) is 32.0 Å². The molecule has 0 saturated carbocycles. The molecule has 0 radical (unpaired) electrons. The lowest BCUT2D eigenvalue weighted by molar-refractivity contribution is 0.0735. The summed E-state index contributed by atoms with van der Waals surface area (Å²) in [6, 6.07) is 10.3. The first-order valence-electron chi connectivity index (χ1n) is 11.9. The van der Waals surface area contributed by atoms with Gasteiger partial charge in [-0.3, -0.25) is 9.59 Å². The van der Waals surface area contributed by atoms with Crippen LogP contribution < -0.4 is 21.1 Å². The number of halogens is 2. The van der Waals surface area contributed by atoms with Crippen LogP contribution in [-0.4, -0.2) is 65.0 Å². The number of aromatic amines is 1. The minimum atomic E-state index is -0.705. The molecular formula is C26H25Cl2N7O3. The number of piperazine rings is 1. The number of nitrogens with one attached hydrogen (secondary N) is 3. The Morgan fingerprint density at radius 1 is 1.16 bits per heavy atom. The zero-order valence-electron chi connectivity index (χ0n) is 20.5. The fourth-order valence-electron chi connectivity index (χ4n) is 4.49. The summed E-state index contributed by atoms with van der Waals surface area (Å²) in [4.78, 5) is 39.4. The fraction of sp³-hybridized carbons (Fsp3) is 0.231. The predicted molar refractivity (Wildman–Crippen MR) is 147 cm³/mol. The van der Waals surface area contributed by atoms with Gasteiger partial charge in [0.2, 0.25) is 0 Å². The number of carbonyl (C=O) groups is 2. The van der Waals surface area contributed by atoms with Gasteiger partial charge in [-0.15, -0.1) is 0 Å². The number of ether oxygens (including phenoxy) is 1. The monoisotopic (exact) mass is 553 g/mol. The van der Waals surface area contributed by atoms with E-state index < -0.39 is 5.91 Å². The third-order valence-corrected chi connectivity index (χ3v) is 7.11. The van der Waals surface area contributed by atoms with Crippen LogP contribution in [-0.2, 0) is 6.42 Å². The molecule has 1 saturated heterocycles. The number of rotatable bonds is 7. The van der Waals surface area contributed by atoms with Crippen molar-refractivity contribution in [1.29, 1.82) is 0 Å². The Morgan fingerprint density at radius 3 is 2.58 bits per heavy atom. The van der Waals surface area contributed by atoms with Crippen molar-refractivity contribution >= 4 is 57.6 Å². The molecule has 0 bridgehead atoms. The first-order chi connectivity index (χ1) is 18.4. The quantitative estimate of drug-likeness (QED) is 0.273. The average molecular weight is 554 g/mol. The molecule has 2 aromatic carbocycles. The van der Waals surface area contributed by atoms with Crippen LogP contribution >= 0.6 is 23.2 Å². The number of nitrogens with two attached hydrogens (primary N) is 1. The van der Waals surface area contributed by atoms with Gasteiger partial charge in [0.05, 0.1) is 30.3 Å². The molecule has 0 aliphatic carbocycles. The number of pyridine rings is 1. The van der Waals surface area contributed by atoms with Crippen LogP contribution in [0.4, 0.5) is 11.5 Å². The Morgan fingerprint density at radius 2 is 1.89 bits per heavy atom. The number of nitrogens with zero attached hydrogens (tertiary/aromatic N) is 3. The Bertz CT molecular complexity index is 1510. The Balaban J connectivity index is 1.55. The summed E-state index contributed by atoms with van der Waals surface area (Å²) in [7, 11) is 1.50. The van der Waals surface area contributed by atoms with Crippen molar-refractivity contribution in [3.05, 3.63) is 75.2 Å². The van der Waals surface area contributed by atoms with E-state index in [1.165, 1.54) is 13.4 Å². The Labute approximate surface area is 228 Å². The molecule has 0 unspecified atom stereocenters. The SMILES string of the molecule is COc1cc(C(=O)N2CCNCC2)ccc1Nc1nc(Cc2c(Cl)cccc2Cl)c2[nH]cnc2c1C(N)=O. The van der Waals surface area contributed by atoms with E-state index in [1.807, 2.05) is 0 Å². The van der Waals surface area contributed by atoms with Crippen molar-refractivity contribution in [2.75, 3.05) is 38.6 Å². The first kappa shape index (κ1) is 25.8. The molecule has 0 spiro atoms. The van der Waals surface area contributed by atoms with Gasteiger partial charge in [0, 0.05) is 48.2 Å². The van der Waals surface area contributed by atoms with Gasteiger partial charge in [0.1, 0.15) is 22.6 Å². The summed E-state index contributed by atoms with van der Waals surface area (Å²) < 4.78 is 5.58. The fourth-order valence-corrected chi connectivity index (χ4v) is 5.02. The minimum absolute atomic E-state index is 0.0795. The smallest absolute Gasteiger partial charge is 0.254 e. The summed E-state index contributed by atoms with van der Waals surface area (Å²) in [5.41, 5.74) is 9.01. The summed E-state index contributed by atoms with van der Waals surface area (Å²) >= 11 is 12.8. The maximum absolute atomic E-state index is 13.0. The van der Waals surface area contributed by atoms with Gasteiger partial charge in [-0.05, 0) is 35.9 Å². The molecule has 0 atom stereocenters. The number of fused-ring (bicyclic) bond motifs is 1. The molecule has 2 amide bonds. The van der Waals surface area contributed by atoms with E-state index in [2.05, 4.69) is 20.6 Å². The molecule has 10 nitrogen and oxygen atoms in total. The number of benzene rings is 2. The van der Waals surface area contributed by atoms with Gasteiger partial charge >= 0.3 is 0 Å². The third-order valence-electron chi connectivity index (χ3n) is 6.41. The molecule has 1 fully saturated rings. The summed E-state index contributed by atoms with van der Waals surface area (Å²) in [6.07, 6.45) is 1.75. The molecule has 12 heteroatoms. The maximum atomic E-state index is 13.0. The molecular weight excluding hydrogens is 529 g/mol. The lowest BCUT2D eigenvalue weighted by Gasteiger charge is -2.27. The topological polar surface area (TPSA) is 138 Å². The van der Waals surface area contributed by atoms with E-state index in [-0.39, 0.29) is 23.7 Å². The lowest BCUT2D eigenvalue weighted by Crippen LogP contribution is -2.46. The number of methoxy groups -OCH3 is 1. The van der Waals surface area contributed by atoms with Crippen LogP contribution in [0.2, 0.25) is 10.0 Å². The second-order valence-electron chi connectivity index (χ2n) is 8.73. The Kier molecular flexibility index (Phi) is 7.37. The van der Waals surface area contributed by atoms with Crippen LogP contribution in [0.25, 0.3) is 11.0 Å². The number of anilines is 2. The zero-order chi connectivity index (χ0) is 26.8. The van der Waals surface area contributed by atoms with Crippen LogP contribution in [0.3, 0.4) is 0 Å². The van der Waals surface area contributed by atoms with Crippen molar-refractivity contribution < 1.29 is 14.3 Å². The highest BCUT2D eigenvalue weighted by atomic mass is 35.5. The zero-order valence-corrected chi connectivity index (χ0v) is 22.0. The number of carbonyl (C=O) groups excluding carboxylic acids is 2. The number of imidazole rings is 1. The van der Waals surface area contributed by atoms with Crippen LogP contribution in [0.5, 0.6) is 5.75 Å². The molecule has 196 valence electrons. The van der Waals surface area contributed by atoms with E-state index in [4.69, 9.17) is 38.7 Å². The van der Waals surface area contributed by atoms with Gasteiger partial charge in [-0.25, -0.2) is 9.97 Å². The van der Waals surface area contributed by atoms with Crippen LogP contribution in [0.15, 0.2) is 42.7 Å². The van der Waals surface area contributed by atoms with Crippen LogP contribution in [0, 0.1) is 0 Å². The molecule has 38 heavy (non-hydrogen) atoms. The van der Waals surface area contributed by atoms with E-state index in [0.717, 1.165) is 13.1 Å². The average Bonchev–Trinajstić information content (AvgIpc) is 3.40. The number of amides is 2. The van der Waals surface area contributed by atoms with Gasteiger partial charge in [0.15, 0.2) is 0 Å². The number of H-pyrrole nitrogens is 1. The molecule has 3 heterocycles. The summed E-state index contributed by atoms with van der Waals surface area (Å²) in [5.74, 6) is -0.191. The lowest BCUT2D eigenvalue weighted by atomic mass is 10.1. The second kappa shape index (κ2) is 10.9. The normalized spacial score (nSPS) is 13.5. The van der Waals surface area contributed by atoms with E-state index >= 15 is 0 Å². The molecule has 1 aliphatic rings. The second-order valence-corrected chi connectivity index (χ2v) is 9.55. The van der Waals surface area contributed by atoms with E-state index in [0.29, 0.717) is 62.4 Å². The molecule has 5 N–H and O–H groups in total. The highest BCUT2D eigenvalue weighted by Gasteiger charge is 2.24. The Hall–Kier alpha value is -3.86. The largest absolute Gasteiger partial charge is 0.495 e. The van der Waals surface area contributed by atoms with E-state index in [1.54, 1.807) is 41.3 Å².